The van der Waals surface area contributed by atoms with Crippen molar-refractivity contribution in [1.82, 2.24) is 9.62 Å². The molecule has 1 aliphatic rings. The quantitative estimate of drug-likeness (QED) is 0.689. The summed E-state index contributed by atoms with van der Waals surface area (Å²) in [4.78, 5) is 0. The maximum absolute atomic E-state index is 12.1. The highest BCUT2D eigenvalue weighted by Crippen LogP contribution is 2.25. The second-order valence-corrected chi connectivity index (χ2v) is 6.46. The van der Waals surface area contributed by atoms with Crippen molar-refractivity contribution >= 4 is 10.0 Å². The Labute approximate surface area is 99.5 Å². The molecule has 0 heterocycles. The van der Waals surface area contributed by atoms with Crippen LogP contribution in [0, 0.1) is 0 Å². The van der Waals surface area contributed by atoms with Crippen LogP contribution >= 0.6 is 0 Å². The van der Waals surface area contributed by atoms with Gasteiger partial charge in [0.15, 0.2) is 0 Å². The third kappa shape index (κ3) is 3.71. The Morgan fingerprint density at radius 2 is 1.94 bits per heavy atom. The van der Waals surface area contributed by atoms with Crippen LogP contribution in [-0.4, -0.2) is 44.7 Å². The predicted octanol–water partition coefficient (Wildman–Crippen LogP) is 1.19. The van der Waals surface area contributed by atoms with Gasteiger partial charge >= 0.3 is 0 Å². The van der Waals surface area contributed by atoms with E-state index in [4.69, 9.17) is 0 Å². The molecule has 0 aliphatic heterocycles. The number of hydrogen-bond donors (Lipinski definition) is 1. The fraction of sp³-hybridized carbons (Fsp3) is 1.00. The van der Waals surface area contributed by atoms with Crippen molar-refractivity contribution in [2.45, 2.75) is 45.1 Å². The second kappa shape index (κ2) is 6.57. The monoisotopic (exact) mass is 248 g/mol. The van der Waals surface area contributed by atoms with Crippen LogP contribution in [0.5, 0.6) is 0 Å². The van der Waals surface area contributed by atoms with E-state index in [1.54, 1.807) is 4.31 Å². The van der Waals surface area contributed by atoms with E-state index in [1.807, 2.05) is 14.0 Å². The summed E-state index contributed by atoms with van der Waals surface area (Å²) in [5.41, 5.74) is 0. The van der Waals surface area contributed by atoms with Gasteiger partial charge in [0.1, 0.15) is 0 Å². The number of rotatable bonds is 7. The van der Waals surface area contributed by atoms with Crippen molar-refractivity contribution in [2.75, 3.05) is 25.9 Å². The Balaban J connectivity index is 2.55. The molecule has 1 rings (SSSR count). The minimum Gasteiger partial charge on any atom is -0.320 e. The highest BCUT2D eigenvalue weighted by atomic mass is 32.2. The van der Waals surface area contributed by atoms with Gasteiger partial charge in [-0.1, -0.05) is 19.8 Å². The van der Waals surface area contributed by atoms with Gasteiger partial charge in [-0.25, -0.2) is 8.42 Å². The lowest BCUT2D eigenvalue weighted by molar-refractivity contribution is 0.335. The highest BCUT2D eigenvalue weighted by molar-refractivity contribution is 7.89. The molecule has 0 aromatic rings. The van der Waals surface area contributed by atoms with Gasteiger partial charge in [-0.2, -0.15) is 4.31 Å². The van der Waals surface area contributed by atoms with Gasteiger partial charge in [0, 0.05) is 12.6 Å². The smallest absolute Gasteiger partial charge is 0.214 e. The molecule has 1 N–H and O–H groups in total. The van der Waals surface area contributed by atoms with Crippen LogP contribution in [0.15, 0.2) is 0 Å². The summed E-state index contributed by atoms with van der Waals surface area (Å²) in [6.07, 6.45) is 5.13. The summed E-state index contributed by atoms with van der Waals surface area (Å²) in [7, 11) is -1.19. The first-order valence-corrected chi connectivity index (χ1v) is 7.87. The van der Waals surface area contributed by atoms with Crippen LogP contribution in [0.2, 0.25) is 0 Å². The molecule has 5 heteroatoms. The van der Waals surface area contributed by atoms with E-state index < -0.39 is 10.0 Å². The molecule has 0 amide bonds. The molecule has 0 saturated heterocycles. The normalized spacial score (nSPS) is 18.4. The Bertz CT molecular complexity index is 284. The molecular weight excluding hydrogens is 224 g/mol. The van der Waals surface area contributed by atoms with Crippen LogP contribution in [0.3, 0.4) is 0 Å². The molecule has 0 aromatic heterocycles. The lowest BCUT2D eigenvalue weighted by Gasteiger charge is -2.26. The average molecular weight is 248 g/mol. The van der Waals surface area contributed by atoms with Crippen molar-refractivity contribution in [1.29, 1.82) is 0 Å². The summed E-state index contributed by atoms with van der Waals surface area (Å²) >= 11 is 0. The van der Waals surface area contributed by atoms with Crippen molar-refractivity contribution in [3.05, 3.63) is 0 Å². The number of sulfonamides is 1. The number of hydrogen-bond acceptors (Lipinski definition) is 3. The molecule has 0 bridgehead atoms. The summed E-state index contributed by atoms with van der Waals surface area (Å²) in [6.45, 7) is 3.32. The SMILES string of the molecule is CCN(C1CCCC1)S(=O)(=O)CCCNC. The van der Waals surface area contributed by atoms with E-state index in [2.05, 4.69) is 5.32 Å². The fourth-order valence-corrected chi connectivity index (χ4v) is 4.22. The molecule has 4 nitrogen and oxygen atoms in total. The van der Waals surface area contributed by atoms with Gasteiger partial charge in [0.2, 0.25) is 10.0 Å². The molecule has 96 valence electrons. The molecule has 16 heavy (non-hydrogen) atoms. The maximum atomic E-state index is 12.1. The second-order valence-electron chi connectivity index (χ2n) is 4.41. The molecule has 0 atom stereocenters. The molecule has 0 aromatic carbocycles. The summed E-state index contributed by atoms with van der Waals surface area (Å²) in [5, 5.41) is 2.98. The first-order chi connectivity index (χ1) is 7.61. The molecule has 0 spiro atoms. The highest BCUT2D eigenvalue weighted by Gasteiger charge is 2.29. The topological polar surface area (TPSA) is 49.4 Å². The third-order valence-corrected chi connectivity index (χ3v) is 5.31. The number of nitrogens with one attached hydrogen (secondary N) is 1. The third-order valence-electron chi connectivity index (χ3n) is 3.23. The molecule has 0 radical (unpaired) electrons. The predicted molar refractivity (Wildman–Crippen MR) is 67.0 cm³/mol. The van der Waals surface area contributed by atoms with Gasteiger partial charge in [0.25, 0.3) is 0 Å². The first kappa shape index (κ1) is 13.9. The van der Waals surface area contributed by atoms with E-state index in [9.17, 15) is 8.42 Å². The van der Waals surface area contributed by atoms with Crippen molar-refractivity contribution < 1.29 is 8.42 Å². The van der Waals surface area contributed by atoms with E-state index in [-0.39, 0.29) is 11.8 Å². The van der Waals surface area contributed by atoms with E-state index in [1.165, 1.54) is 12.8 Å². The average Bonchev–Trinajstić information content (AvgIpc) is 2.72. The first-order valence-electron chi connectivity index (χ1n) is 6.26. The van der Waals surface area contributed by atoms with Crippen LogP contribution in [0.4, 0.5) is 0 Å². The Morgan fingerprint density at radius 1 is 1.31 bits per heavy atom. The van der Waals surface area contributed by atoms with Crippen molar-refractivity contribution in [3.63, 3.8) is 0 Å². The molecule has 1 saturated carbocycles. The standard InChI is InChI=1S/C11H24N2O2S/c1-3-13(11-7-4-5-8-11)16(14,15)10-6-9-12-2/h11-12H,3-10H2,1-2H3. The Morgan fingerprint density at radius 3 is 2.44 bits per heavy atom. The zero-order valence-electron chi connectivity index (χ0n) is 10.4. The zero-order valence-corrected chi connectivity index (χ0v) is 11.2. The minimum atomic E-state index is -3.03. The van der Waals surface area contributed by atoms with Crippen molar-refractivity contribution in [2.24, 2.45) is 0 Å². The van der Waals surface area contributed by atoms with Crippen LogP contribution in [-0.2, 0) is 10.0 Å². The summed E-state index contributed by atoms with van der Waals surface area (Å²) < 4.78 is 26.0. The van der Waals surface area contributed by atoms with Crippen LogP contribution in [0.25, 0.3) is 0 Å². The summed E-state index contributed by atoms with van der Waals surface area (Å²) in [6, 6.07) is 0.268. The van der Waals surface area contributed by atoms with E-state index in [0.717, 1.165) is 19.4 Å². The lowest BCUT2D eigenvalue weighted by atomic mass is 10.2. The fourth-order valence-electron chi connectivity index (χ4n) is 2.42. The maximum Gasteiger partial charge on any atom is 0.214 e. The largest absolute Gasteiger partial charge is 0.320 e. The minimum absolute atomic E-state index is 0.268. The molecule has 0 unspecified atom stereocenters. The van der Waals surface area contributed by atoms with Gasteiger partial charge in [-0.05, 0) is 32.9 Å². The molecule has 1 aliphatic carbocycles. The Kier molecular flexibility index (Phi) is 5.72. The molecular formula is C11H24N2O2S. The van der Waals surface area contributed by atoms with Gasteiger partial charge < -0.3 is 5.32 Å². The molecule has 1 fully saturated rings. The summed E-state index contributed by atoms with van der Waals surface area (Å²) in [5.74, 6) is 0.276. The van der Waals surface area contributed by atoms with Crippen LogP contribution in [0.1, 0.15) is 39.0 Å². The van der Waals surface area contributed by atoms with Gasteiger partial charge in [0.05, 0.1) is 5.75 Å². The van der Waals surface area contributed by atoms with Crippen molar-refractivity contribution in [3.8, 4) is 0 Å². The lowest BCUT2D eigenvalue weighted by Crippen LogP contribution is -2.40. The number of nitrogens with zero attached hydrogens (tertiary/aromatic N) is 1. The van der Waals surface area contributed by atoms with Gasteiger partial charge in [-0.15, -0.1) is 0 Å². The van der Waals surface area contributed by atoms with E-state index >= 15 is 0 Å². The van der Waals surface area contributed by atoms with Crippen LogP contribution < -0.4 is 5.32 Å². The van der Waals surface area contributed by atoms with Gasteiger partial charge in [-0.3, -0.25) is 0 Å². The zero-order chi connectivity index (χ0) is 12.0. The Hall–Kier alpha value is -0.130. The van der Waals surface area contributed by atoms with E-state index in [0.29, 0.717) is 13.0 Å².